The Morgan fingerprint density at radius 3 is 2.64 bits per heavy atom. The molecule has 1 aliphatic heterocycles. The van der Waals surface area contributed by atoms with E-state index in [1.54, 1.807) is 19.2 Å². The summed E-state index contributed by atoms with van der Waals surface area (Å²) in [6, 6.07) is 12.1. The normalized spacial score (nSPS) is 14.9. The predicted octanol–water partition coefficient (Wildman–Crippen LogP) is 1.47. The fourth-order valence-electron chi connectivity index (χ4n) is 2.82. The van der Waals surface area contributed by atoms with Crippen LogP contribution in [0.2, 0.25) is 0 Å². The van der Waals surface area contributed by atoms with Crippen molar-refractivity contribution in [2.75, 3.05) is 33.9 Å². The number of nitrogens with zero attached hydrogens (tertiary/aromatic N) is 1. The number of para-hydroxylation sites is 3. The standard InChI is InChI=1S/C20H22N2O6/c1-22(10-13-11-26-15-7-3-4-8-16(15)28-13)18(23)12-27-19-14(20(21)24)6-5-9-17(19)25-2/h3-9,13H,10-12H2,1-2H3,(H2,21,24)/t13-/m0/s1. The Hall–Kier alpha value is -3.42. The van der Waals surface area contributed by atoms with Crippen LogP contribution in [0, 0.1) is 0 Å². The highest BCUT2D eigenvalue weighted by Crippen LogP contribution is 2.32. The van der Waals surface area contributed by atoms with Crippen LogP contribution < -0.4 is 24.7 Å². The fraction of sp³-hybridized carbons (Fsp3) is 0.300. The van der Waals surface area contributed by atoms with E-state index in [0.717, 1.165) is 0 Å². The van der Waals surface area contributed by atoms with E-state index in [2.05, 4.69) is 0 Å². The summed E-state index contributed by atoms with van der Waals surface area (Å²) < 4.78 is 22.3. The van der Waals surface area contributed by atoms with Gasteiger partial charge >= 0.3 is 0 Å². The number of carbonyl (C=O) groups excluding carboxylic acids is 2. The lowest BCUT2D eigenvalue weighted by molar-refractivity contribution is -0.133. The number of nitrogens with two attached hydrogens (primary N) is 1. The summed E-state index contributed by atoms with van der Waals surface area (Å²) in [6.07, 6.45) is -0.295. The number of hydrogen-bond acceptors (Lipinski definition) is 6. The molecule has 2 amide bonds. The van der Waals surface area contributed by atoms with Gasteiger partial charge in [0.2, 0.25) is 0 Å². The molecular formula is C20H22N2O6. The molecule has 0 radical (unpaired) electrons. The van der Waals surface area contributed by atoms with Crippen molar-refractivity contribution in [2.45, 2.75) is 6.10 Å². The monoisotopic (exact) mass is 386 g/mol. The first kappa shape index (κ1) is 19.3. The molecule has 8 nitrogen and oxygen atoms in total. The number of primary amides is 1. The number of amides is 2. The van der Waals surface area contributed by atoms with Crippen LogP contribution in [0.15, 0.2) is 42.5 Å². The van der Waals surface area contributed by atoms with E-state index >= 15 is 0 Å². The van der Waals surface area contributed by atoms with Crippen LogP contribution in [0.25, 0.3) is 0 Å². The highest BCUT2D eigenvalue weighted by atomic mass is 16.6. The summed E-state index contributed by atoms with van der Waals surface area (Å²) >= 11 is 0. The van der Waals surface area contributed by atoms with Gasteiger partial charge in [0, 0.05) is 7.05 Å². The molecule has 3 rings (SSSR count). The smallest absolute Gasteiger partial charge is 0.260 e. The van der Waals surface area contributed by atoms with Gasteiger partial charge in [-0.2, -0.15) is 0 Å². The first-order chi connectivity index (χ1) is 13.5. The third-order valence-corrected chi connectivity index (χ3v) is 4.28. The van der Waals surface area contributed by atoms with E-state index in [-0.39, 0.29) is 29.9 Å². The molecule has 2 N–H and O–H groups in total. The van der Waals surface area contributed by atoms with Crippen LogP contribution in [-0.4, -0.2) is 56.7 Å². The number of benzene rings is 2. The van der Waals surface area contributed by atoms with Crippen LogP contribution in [0.3, 0.4) is 0 Å². The van der Waals surface area contributed by atoms with Crippen molar-refractivity contribution in [3.05, 3.63) is 48.0 Å². The van der Waals surface area contributed by atoms with Crippen LogP contribution in [0.5, 0.6) is 23.0 Å². The van der Waals surface area contributed by atoms with Gasteiger partial charge in [0.1, 0.15) is 6.61 Å². The average molecular weight is 386 g/mol. The van der Waals surface area contributed by atoms with Crippen molar-refractivity contribution < 1.29 is 28.5 Å². The predicted molar refractivity (Wildman–Crippen MR) is 101 cm³/mol. The number of fused-ring (bicyclic) bond motifs is 1. The maximum atomic E-state index is 12.5. The van der Waals surface area contributed by atoms with Gasteiger partial charge < -0.3 is 29.6 Å². The largest absolute Gasteiger partial charge is 0.493 e. The SMILES string of the molecule is COc1cccc(C(N)=O)c1OCC(=O)N(C)C[C@H]1COc2ccccc2O1. The molecule has 8 heteroatoms. The molecule has 0 saturated heterocycles. The van der Waals surface area contributed by atoms with Crippen molar-refractivity contribution in [3.63, 3.8) is 0 Å². The Kier molecular flexibility index (Phi) is 5.88. The number of methoxy groups -OCH3 is 1. The summed E-state index contributed by atoms with van der Waals surface area (Å²) in [5.41, 5.74) is 5.52. The molecule has 1 aliphatic rings. The topological polar surface area (TPSA) is 100 Å². The first-order valence-corrected chi connectivity index (χ1v) is 8.71. The highest BCUT2D eigenvalue weighted by molar-refractivity contribution is 5.96. The number of carbonyl (C=O) groups is 2. The van der Waals surface area contributed by atoms with Crippen LogP contribution in [0.1, 0.15) is 10.4 Å². The van der Waals surface area contributed by atoms with Crippen molar-refractivity contribution in [1.82, 2.24) is 4.90 Å². The molecular weight excluding hydrogens is 364 g/mol. The van der Waals surface area contributed by atoms with E-state index in [1.165, 1.54) is 18.1 Å². The molecule has 0 bridgehead atoms. The van der Waals surface area contributed by atoms with E-state index in [4.69, 9.17) is 24.7 Å². The highest BCUT2D eigenvalue weighted by Gasteiger charge is 2.24. The molecule has 1 atom stereocenters. The summed E-state index contributed by atoms with van der Waals surface area (Å²) in [6.45, 7) is 0.389. The molecule has 0 aliphatic carbocycles. The van der Waals surface area contributed by atoms with Crippen LogP contribution in [0.4, 0.5) is 0 Å². The average Bonchev–Trinajstić information content (AvgIpc) is 2.71. The van der Waals surface area contributed by atoms with Gasteiger partial charge in [0.05, 0.1) is 19.2 Å². The Balaban J connectivity index is 1.59. The zero-order chi connectivity index (χ0) is 20.1. The lowest BCUT2D eigenvalue weighted by Crippen LogP contribution is -2.43. The summed E-state index contributed by atoms with van der Waals surface area (Å²) in [7, 11) is 3.09. The van der Waals surface area contributed by atoms with Gasteiger partial charge in [-0.1, -0.05) is 18.2 Å². The van der Waals surface area contributed by atoms with Crippen molar-refractivity contribution >= 4 is 11.8 Å². The van der Waals surface area contributed by atoms with E-state index in [9.17, 15) is 9.59 Å². The van der Waals surface area contributed by atoms with Gasteiger partial charge in [-0.05, 0) is 24.3 Å². The number of likely N-dealkylation sites (N-methyl/N-ethyl adjacent to an activating group) is 1. The second-order valence-corrected chi connectivity index (χ2v) is 6.26. The Bertz CT molecular complexity index is 870. The lowest BCUT2D eigenvalue weighted by Gasteiger charge is -2.29. The zero-order valence-corrected chi connectivity index (χ0v) is 15.7. The Morgan fingerprint density at radius 2 is 1.93 bits per heavy atom. The summed E-state index contributed by atoms with van der Waals surface area (Å²) in [4.78, 5) is 25.5. The second kappa shape index (κ2) is 8.51. The molecule has 0 fully saturated rings. The molecule has 0 saturated carbocycles. The third kappa shape index (κ3) is 4.28. The summed E-state index contributed by atoms with van der Waals surface area (Å²) in [5, 5.41) is 0. The van der Waals surface area contributed by atoms with Crippen molar-refractivity contribution in [1.29, 1.82) is 0 Å². The first-order valence-electron chi connectivity index (χ1n) is 8.71. The minimum absolute atomic E-state index is 0.144. The molecule has 0 spiro atoms. The maximum absolute atomic E-state index is 12.5. The van der Waals surface area contributed by atoms with Crippen molar-refractivity contribution in [3.8, 4) is 23.0 Å². The Labute approximate surface area is 162 Å². The van der Waals surface area contributed by atoms with Crippen molar-refractivity contribution in [2.24, 2.45) is 5.73 Å². The second-order valence-electron chi connectivity index (χ2n) is 6.26. The van der Waals surface area contributed by atoms with E-state index < -0.39 is 5.91 Å². The number of rotatable bonds is 7. The number of hydrogen-bond donors (Lipinski definition) is 1. The van der Waals surface area contributed by atoms with Gasteiger partial charge in [-0.3, -0.25) is 9.59 Å². The minimum atomic E-state index is -0.666. The molecule has 28 heavy (non-hydrogen) atoms. The third-order valence-electron chi connectivity index (χ3n) is 4.28. The minimum Gasteiger partial charge on any atom is -0.493 e. The lowest BCUT2D eigenvalue weighted by atomic mass is 10.2. The van der Waals surface area contributed by atoms with Gasteiger partial charge in [-0.15, -0.1) is 0 Å². The van der Waals surface area contributed by atoms with Gasteiger partial charge in [-0.25, -0.2) is 0 Å². The molecule has 0 unspecified atom stereocenters. The quantitative estimate of drug-likeness (QED) is 0.774. The van der Waals surface area contributed by atoms with Crippen LogP contribution in [-0.2, 0) is 4.79 Å². The van der Waals surface area contributed by atoms with Gasteiger partial charge in [0.25, 0.3) is 11.8 Å². The molecule has 2 aromatic rings. The molecule has 0 aromatic heterocycles. The molecule has 2 aromatic carbocycles. The Morgan fingerprint density at radius 1 is 1.18 bits per heavy atom. The summed E-state index contributed by atoms with van der Waals surface area (Å²) in [5.74, 6) is 0.852. The molecule has 1 heterocycles. The zero-order valence-electron chi connectivity index (χ0n) is 15.7. The maximum Gasteiger partial charge on any atom is 0.260 e. The van der Waals surface area contributed by atoms with E-state index in [0.29, 0.717) is 30.4 Å². The van der Waals surface area contributed by atoms with Crippen LogP contribution >= 0.6 is 0 Å². The van der Waals surface area contributed by atoms with Gasteiger partial charge in [0.15, 0.2) is 35.7 Å². The molecule has 148 valence electrons. The van der Waals surface area contributed by atoms with E-state index in [1.807, 2.05) is 24.3 Å². The number of ether oxygens (including phenoxy) is 4. The fourth-order valence-corrected chi connectivity index (χ4v) is 2.82.